The third-order valence-corrected chi connectivity index (χ3v) is 2.93. The highest BCUT2D eigenvalue weighted by molar-refractivity contribution is 5.28. The van der Waals surface area contributed by atoms with Crippen LogP contribution in [0.2, 0.25) is 0 Å². The van der Waals surface area contributed by atoms with Crippen LogP contribution < -0.4 is 10.1 Å². The van der Waals surface area contributed by atoms with Gasteiger partial charge in [0.05, 0.1) is 13.7 Å². The van der Waals surface area contributed by atoms with Crippen LogP contribution in [0, 0.1) is 6.92 Å². The van der Waals surface area contributed by atoms with E-state index in [2.05, 4.69) is 21.6 Å². The van der Waals surface area contributed by atoms with Gasteiger partial charge in [-0.25, -0.2) is 0 Å². The second-order valence-corrected chi connectivity index (χ2v) is 4.18. The molecule has 1 N–H and O–H groups in total. The zero-order valence-electron chi connectivity index (χ0n) is 11.0. The SMILES string of the molecule is COc1cccc(CNCc2nnc(C)n2C)c1. The van der Waals surface area contributed by atoms with Crippen molar-refractivity contribution in [1.82, 2.24) is 20.1 Å². The highest BCUT2D eigenvalue weighted by Crippen LogP contribution is 2.12. The van der Waals surface area contributed by atoms with Gasteiger partial charge in [-0.2, -0.15) is 0 Å². The van der Waals surface area contributed by atoms with Gasteiger partial charge in [-0.05, 0) is 24.6 Å². The van der Waals surface area contributed by atoms with Gasteiger partial charge in [0.15, 0.2) is 0 Å². The normalized spacial score (nSPS) is 10.6. The molecule has 0 fully saturated rings. The maximum Gasteiger partial charge on any atom is 0.146 e. The topological polar surface area (TPSA) is 52.0 Å². The summed E-state index contributed by atoms with van der Waals surface area (Å²) in [7, 11) is 3.65. The van der Waals surface area contributed by atoms with Crippen LogP contribution >= 0.6 is 0 Å². The smallest absolute Gasteiger partial charge is 0.146 e. The summed E-state index contributed by atoms with van der Waals surface area (Å²) in [5, 5.41) is 11.5. The number of aromatic nitrogens is 3. The fraction of sp³-hybridized carbons (Fsp3) is 0.385. The molecule has 18 heavy (non-hydrogen) atoms. The van der Waals surface area contributed by atoms with Crippen LogP contribution in [0.3, 0.4) is 0 Å². The summed E-state index contributed by atoms with van der Waals surface area (Å²) in [6, 6.07) is 8.02. The molecule has 0 aliphatic heterocycles. The van der Waals surface area contributed by atoms with Crippen molar-refractivity contribution >= 4 is 0 Å². The lowest BCUT2D eigenvalue weighted by Crippen LogP contribution is -2.16. The summed E-state index contributed by atoms with van der Waals surface area (Å²) < 4.78 is 7.17. The number of methoxy groups -OCH3 is 1. The number of nitrogens with zero attached hydrogens (tertiary/aromatic N) is 3. The number of hydrogen-bond donors (Lipinski definition) is 1. The third kappa shape index (κ3) is 2.87. The average molecular weight is 246 g/mol. The summed E-state index contributed by atoms with van der Waals surface area (Å²) in [5.74, 6) is 2.74. The summed E-state index contributed by atoms with van der Waals surface area (Å²) in [5.41, 5.74) is 1.19. The fourth-order valence-electron chi connectivity index (χ4n) is 1.71. The van der Waals surface area contributed by atoms with Gasteiger partial charge in [-0.1, -0.05) is 12.1 Å². The van der Waals surface area contributed by atoms with Crippen molar-refractivity contribution in [2.24, 2.45) is 7.05 Å². The molecule has 0 aliphatic carbocycles. The molecule has 2 aromatic rings. The van der Waals surface area contributed by atoms with Crippen molar-refractivity contribution in [3.63, 3.8) is 0 Å². The van der Waals surface area contributed by atoms with Crippen molar-refractivity contribution in [1.29, 1.82) is 0 Å². The first-order chi connectivity index (χ1) is 8.70. The highest BCUT2D eigenvalue weighted by Gasteiger charge is 2.03. The van der Waals surface area contributed by atoms with Gasteiger partial charge in [0.25, 0.3) is 0 Å². The molecule has 0 spiro atoms. The van der Waals surface area contributed by atoms with Crippen molar-refractivity contribution in [2.45, 2.75) is 20.0 Å². The molecule has 1 aromatic carbocycles. The maximum atomic E-state index is 5.19. The fourth-order valence-corrected chi connectivity index (χ4v) is 1.71. The molecule has 5 nitrogen and oxygen atoms in total. The standard InChI is InChI=1S/C13H18N4O/c1-10-15-16-13(17(10)2)9-14-8-11-5-4-6-12(7-11)18-3/h4-7,14H,8-9H2,1-3H3. The van der Waals surface area contributed by atoms with Crippen molar-refractivity contribution in [3.05, 3.63) is 41.5 Å². The Bertz CT molecular complexity index is 521. The van der Waals surface area contributed by atoms with Gasteiger partial charge in [-0.15, -0.1) is 10.2 Å². The van der Waals surface area contributed by atoms with E-state index in [9.17, 15) is 0 Å². The molecule has 0 bridgehead atoms. The molecular weight excluding hydrogens is 228 g/mol. The van der Waals surface area contributed by atoms with Gasteiger partial charge in [-0.3, -0.25) is 0 Å². The Kier molecular flexibility index (Phi) is 3.94. The second kappa shape index (κ2) is 5.64. The number of rotatable bonds is 5. The Morgan fingerprint density at radius 1 is 1.28 bits per heavy atom. The van der Waals surface area contributed by atoms with Crippen LogP contribution in [0.4, 0.5) is 0 Å². The average Bonchev–Trinajstić information content (AvgIpc) is 2.71. The monoisotopic (exact) mass is 246 g/mol. The number of aryl methyl sites for hydroxylation is 1. The third-order valence-electron chi connectivity index (χ3n) is 2.93. The van der Waals surface area contributed by atoms with Crippen LogP contribution in [0.15, 0.2) is 24.3 Å². The lowest BCUT2D eigenvalue weighted by atomic mass is 10.2. The molecule has 0 saturated carbocycles. The van der Waals surface area contributed by atoms with E-state index in [4.69, 9.17) is 4.74 Å². The molecular formula is C13H18N4O. The van der Waals surface area contributed by atoms with Crippen molar-refractivity contribution in [2.75, 3.05) is 7.11 Å². The van der Waals surface area contributed by atoms with Gasteiger partial charge in [0, 0.05) is 13.6 Å². The number of hydrogen-bond acceptors (Lipinski definition) is 4. The molecule has 5 heteroatoms. The van der Waals surface area contributed by atoms with Crippen LogP contribution in [0.5, 0.6) is 5.75 Å². The van der Waals surface area contributed by atoms with Crippen LogP contribution in [0.25, 0.3) is 0 Å². The first-order valence-corrected chi connectivity index (χ1v) is 5.89. The molecule has 0 aliphatic rings. The molecule has 0 unspecified atom stereocenters. The van der Waals surface area contributed by atoms with Crippen LogP contribution in [-0.4, -0.2) is 21.9 Å². The van der Waals surface area contributed by atoms with E-state index < -0.39 is 0 Å². The lowest BCUT2D eigenvalue weighted by Gasteiger charge is -2.06. The first-order valence-electron chi connectivity index (χ1n) is 5.89. The zero-order chi connectivity index (χ0) is 13.0. The van der Waals surface area contributed by atoms with Gasteiger partial charge >= 0.3 is 0 Å². The summed E-state index contributed by atoms with van der Waals surface area (Å²) in [4.78, 5) is 0. The van der Waals surface area contributed by atoms with E-state index in [-0.39, 0.29) is 0 Å². The Hall–Kier alpha value is -1.88. The molecule has 0 saturated heterocycles. The first kappa shape index (κ1) is 12.6. The van der Waals surface area contributed by atoms with E-state index in [0.717, 1.165) is 23.9 Å². The van der Waals surface area contributed by atoms with E-state index in [1.807, 2.05) is 36.7 Å². The quantitative estimate of drug-likeness (QED) is 0.867. The van der Waals surface area contributed by atoms with Crippen LogP contribution in [-0.2, 0) is 20.1 Å². The Labute approximate surface area is 107 Å². The van der Waals surface area contributed by atoms with Crippen molar-refractivity contribution in [3.8, 4) is 5.75 Å². The minimum absolute atomic E-state index is 0.703. The minimum atomic E-state index is 0.703. The predicted molar refractivity (Wildman–Crippen MR) is 69.3 cm³/mol. The molecule has 96 valence electrons. The van der Waals surface area contributed by atoms with E-state index in [1.165, 1.54) is 5.56 Å². The van der Waals surface area contributed by atoms with E-state index >= 15 is 0 Å². The Morgan fingerprint density at radius 2 is 2.11 bits per heavy atom. The molecule has 0 radical (unpaired) electrons. The molecule has 1 aromatic heterocycles. The Balaban J connectivity index is 1.90. The maximum absolute atomic E-state index is 5.19. The highest BCUT2D eigenvalue weighted by atomic mass is 16.5. The lowest BCUT2D eigenvalue weighted by molar-refractivity contribution is 0.414. The van der Waals surface area contributed by atoms with E-state index in [0.29, 0.717) is 6.54 Å². The van der Waals surface area contributed by atoms with Gasteiger partial charge in [0.1, 0.15) is 17.4 Å². The van der Waals surface area contributed by atoms with Gasteiger partial charge in [0.2, 0.25) is 0 Å². The number of nitrogens with one attached hydrogen (secondary N) is 1. The molecule has 2 rings (SSSR count). The summed E-state index contributed by atoms with van der Waals surface area (Å²) in [6.45, 7) is 3.43. The zero-order valence-corrected chi connectivity index (χ0v) is 11.0. The van der Waals surface area contributed by atoms with Gasteiger partial charge < -0.3 is 14.6 Å². The molecule has 1 heterocycles. The largest absolute Gasteiger partial charge is 0.497 e. The second-order valence-electron chi connectivity index (χ2n) is 4.18. The molecule has 0 amide bonds. The number of benzene rings is 1. The molecule has 0 atom stereocenters. The minimum Gasteiger partial charge on any atom is -0.497 e. The van der Waals surface area contributed by atoms with Crippen molar-refractivity contribution < 1.29 is 4.74 Å². The van der Waals surface area contributed by atoms with E-state index in [1.54, 1.807) is 7.11 Å². The Morgan fingerprint density at radius 3 is 2.78 bits per heavy atom. The van der Waals surface area contributed by atoms with Crippen LogP contribution in [0.1, 0.15) is 17.2 Å². The summed E-state index contributed by atoms with van der Waals surface area (Å²) in [6.07, 6.45) is 0. The number of ether oxygens (including phenoxy) is 1. The summed E-state index contributed by atoms with van der Waals surface area (Å²) >= 11 is 0. The predicted octanol–water partition coefficient (Wildman–Crippen LogP) is 1.42.